The van der Waals surface area contributed by atoms with Crippen molar-refractivity contribution in [3.63, 3.8) is 0 Å². The van der Waals surface area contributed by atoms with E-state index in [0.29, 0.717) is 24.7 Å². The summed E-state index contributed by atoms with van der Waals surface area (Å²) in [6, 6.07) is 0.197. The molecule has 0 spiro atoms. The quantitative estimate of drug-likeness (QED) is 0.650. The number of carbonyl (C=O) groups excluding carboxylic acids is 1. The Morgan fingerprint density at radius 2 is 2.33 bits per heavy atom. The zero-order chi connectivity index (χ0) is 9.14. The van der Waals surface area contributed by atoms with Gasteiger partial charge in [0.05, 0.1) is 0 Å². The van der Waals surface area contributed by atoms with Crippen molar-refractivity contribution in [2.45, 2.75) is 32.7 Å². The van der Waals surface area contributed by atoms with Crippen molar-refractivity contribution in [1.82, 2.24) is 5.32 Å². The number of aliphatic hydroxyl groups is 1. The third-order valence-corrected chi connectivity index (χ3v) is 2.58. The van der Waals surface area contributed by atoms with E-state index in [0.717, 1.165) is 0 Å². The number of amides is 1. The Kier molecular flexibility index (Phi) is 3.09. The molecule has 2 N–H and O–H groups in total. The van der Waals surface area contributed by atoms with Crippen LogP contribution in [0.4, 0.5) is 0 Å². The molecule has 2 unspecified atom stereocenters. The molecule has 0 aromatic rings. The number of hydrogen-bond donors (Lipinski definition) is 2. The van der Waals surface area contributed by atoms with Crippen molar-refractivity contribution in [2.75, 3.05) is 6.61 Å². The van der Waals surface area contributed by atoms with E-state index < -0.39 is 0 Å². The molecular formula is C9H17NO2. The molecule has 1 rings (SSSR count). The lowest BCUT2D eigenvalue weighted by Crippen LogP contribution is -2.31. The van der Waals surface area contributed by atoms with Crippen molar-refractivity contribution in [3.05, 3.63) is 0 Å². The zero-order valence-electron chi connectivity index (χ0n) is 7.71. The first-order chi connectivity index (χ1) is 5.65. The molecule has 1 saturated heterocycles. The van der Waals surface area contributed by atoms with Crippen LogP contribution < -0.4 is 5.32 Å². The van der Waals surface area contributed by atoms with E-state index >= 15 is 0 Å². The molecule has 1 aliphatic heterocycles. The van der Waals surface area contributed by atoms with E-state index in [1.165, 1.54) is 0 Å². The van der Waals surface area contributed by atoms with E-state index in [4.69, 9.17) is 5.11 Å². The summed E-state index contributed by atoms with van der Waals surface area (Å²) in [5, 5.41) is 11.6. The van der Waals surface area contributed by atoms with Crippen molar-refractivity contribution >= 4 is 5.91 Å². The maximum atomic E-state index is 11.1. The Bertz CT molecular complexity index is 168. The highest BCUT2D eigenvalue weighted by atomic mass is 16.3. The maximum Gasteiger partial charge on any atom is 0.220 e. The SMILES string of the molecule is CC(C)C1CC(=O)NC1CCO. The summed E-state index contributed by atoms with van der Waals surface area (Å²) in [5.74, 6) is 1.05. The number of hydrogen-bond acceptors (Lipinski definition) is 2. The first-order valence-electron chi connectivity index (χ1n) is 4.55. The van der Waals surface area contributed by atoms with Crippen LogP contribution in [-0.4, -0.2) is 23.7 Å². The molecule has 1 aliphatic rings. The van der Waals surface area contributed by atoms with Gasteiger partial charge in [-0.1, -0.05) is 13.8 Å². The van der Waals surface area contributed by atoms with Gasteiger partial charge in [0.15, 0.2) is 0 Å². The Balaban J connectivity index is 2.53. The molecular weight excluding hydrogens is 154 g/mol. The topological polar surface area (TPSA) is 49.3 Å². The lowest BCUT2D eigenvalue weighted by atomic mass is 9.87. The van der Waals surface area contributed by atoms with Gasteiger partial charge in [-0.3, -0.25) is 4.79 Å². The van der Waals surface area contributed by atoms with Crippen LogP contribution in [0, 0.1) is 11.8 Å². The molecule has 0 radical (unpaired) electrons. The third-order valence-electron chi connectivity index (χ3n) is 2.58. The molecule has 3 heteroatoms. The number of carbonyl (C=O) groups is 1. The van der Waals surface area contributed by atoms with Crippen LogP contribution in [0.25, 0.3) is 0 Å². The molecule has 0 aromatic heterocycles. The molecule has 0 saturated carbocycles. The molecule has 0 aliphatic carbocycles. The van der Waals surface area contributed by atoms with Gasteiger partial charge in [-0.05, 0) is 18.3 Å². The second kappa shape index (κ2) is 3.90. The van der Waals surface area contributed by atoms with Gasteiger partial charge < -0.3 is 10.4 Å². The van der Waals surface area contributed by atoms with Crippen molar-refractivity contribution < 1.29 is 9.90 Å². The van der Waals surface area contributed by atoms with Crippen LogP contribution in [0.2, 0.25) is 0 Å². The summed E-state index contributed by atoms with van der Waals surface area (Å²) in [6.45, 7) is 4.40. The van der Waals surface area contributed by atoms with Crippen LogP contribution >= 0.6 is 0 Å². The smallest absolute Gasteiger partial charge is 0.220 e. The van der Waals surface area contributed by atoms with Gasteiger partial charge in [-0.2, -0.15) is 0 Å². The molecule has 1 amide bonds. The van der Waals surface area contributed by atoms with Crippen LogP contribution in [0.3, 0.4) is 0 Å². The Morgan fingerprint density at radius 3 is 2.83 bits per heavy atom. The van der Waals surface area contributed by atoms with Crippen LogP contribution in [0.15, 0.2) is 0 Å². The fraction of sp³-hybridized carbons (Fsp3) is 0.889. The molecule has 0 aromatic carbocycles. The number of rotatable bonds is 3. The lowest BCUT2D eigenvalue weighted by Gasteiger charge is -2.20. The van der Waals surface area contributed by atoms with Gasteiger partial charge in [0, 0.05) is 19.1 Å². The standard InChI is InChI=1S/C9H17NO2/c1-6(2)7-5-9(12)10-8(7)3-4-11/h6-8,11H,3-5H2,1-2H3,(H,10,12). The summed E-state index contributed by atoms with van der Waals surface area (Å²) < 4.78 is 0. The van der Waals surface area contributed by atoms with Gasteiger partial charge in [0.1, 0.15) is 0 Å². The third kappa shape index (κ3) is 1.97. The summed E-state index contributed by atoms with van der Waals surface area (Å²) >= 11 is 0. The molecule has 70 valence electrons. The van der Waals surface area contributed by atoms with Gasteiger partial charge in [-0.25, -0.2) is 0 Å². The van der Waals surface area contributed by atoms with Gasteiger partial charge in [-0.15, -0.1) is 0 Å². The van der Waals surface area contributed by atoms with Gasteiger partial charge in [0.25, 0.3) is 0 Å². The summed E-state index contributed by atoms with van der Waals surface area (Å²) in [4.78, 5) is 11.1. The van der Waals surface area contributed by atoms with Gasteiger partial charge in [0.2, 0.25) is 5.91 Å². The minimum absolute atomic E-state index is 0.132. The highest BCUT2D eigenvalue weighted by Crippen LogP contribution is 2.26. The van der Waals surface area contributed by atoms with E-state index in [1.807, 2.05) is 0 Å². The molecule has 12 heavy (non-hydrogen) atoms. The van der Waals surface area contributed by atoms with Crippen LogP contribution in [0.1, 0.15) is 26.7 Å². The Hall–Kier alpha value is -0.570. The molecule has 1 fully saturated rings. The second-order valence-electron chi connectivity index (χ2n) is 3.80. The van der Waals surface area contributed by atoms with Crippen molar-refractivity contribution in [1.29, 1.82) is 0 Å². The zero-order valence-corrected chi connectivity index (χ0v) is 7.71. The minimum atomic E-state index is 0.132. The van der Waals surface area contributed by atoms with Crippen LogP contribution in [-0.2, 0) is 4.79 Å². The highest BCUT2D eigenvalue weighted by Gasteiger charge is 2.33. The molecule has 2 atom stereocenters. The first kappa shape index (κ1) is 9.52. The average Bonchev–Trinajstić information content (AvgIpc) is 2.32. The molecule has 0 bridgehead atoms. The Labute approximate surface area is 73.2 Å². The van der Waals surface area contributed by atoms with Gasteiger partial charge >= 0.3 is 0 Å². The summed E-state index contributed by atoms with van der Waals surface area (Å²) in [7, 11) is 0. The largest absolute Gasteiger partial charge is 0.396 e. The first-order valence-corrected chi connectivity index (χ1v) is 4.55. The fourth-order valence-electron chi connectivity index (χ4n) is 1.85. The van der Waals surface area contributed by atoms with E-state index in [2.05, 4.69) is 19.2 Å². The average molecular weight is 171 g/mol. The maximum absolute atomic E-state index is 11.1. The molecule has 3 nitrogen and oxygen atoms in total. The van der Waals surface area contributed by atoms with Crippen molar-refractivity contribution in [3.8, 4) is 0 Å². The van der Waals surface area contributed by atoms with Crippen LogP contribution in [0.5, 0.6) is 0 Å². The summed E-state index contributed by atoms with van der Waals surface area (Å²) in [5.41, 5.74) is 0. The number of aliphatic hydroxyl groups excluding tert-OH is 1. The summed E-state index contributed by atoms with van der Waals surface area (Å²) in [6.07, 6.45) is 1.32. The van der Waals surface area contributed by atoms with E-state index in [-0.39, 0.29) is 18.6 Å². The number of nitrogens with one attached hydrogen (secondary N) is 1. The fourth-order valence-corrected chi connectivity index (χ4v) is 1.85. The van der Waals surface area contributed by atoms with E-state index in [1.54, 1.807) is 0 Å². The predicted octanol–water partition coefficient (Wildman–Crippen LogP) is 0.529. The Morgan fingerprint density at radius 1 is 1.67 bits per heavy atom. The minimum Gasteiger partial charge on any atom is -0.396 e. The normalized spacial score (nSPS) is 29.5. The van der Waals surface area contributed by atoms with Crippen molar-refractivity contribution in [2.24, 2.45) is 11.8 Å². The lowest BCUT2D eigenvalue weighted by molar-refractivity contribution is -0.119. The predicted molar refractivity (Wildman–Crippen MR) is 46.6 cm³/mol. The van der Waals surface area contributed by atoms with E-state index in [9.17, 15) is 4.79 Å². The highest BCUT2D eigenvalue weighted by molar-refractivity contribution is 5.79. The molecule has 1 heterocycles. The monoisotopic (exact) mass is 171 g/mol. The second-order valence-corrected chi connectivity index (χ2v) is 3.80.